The van der Waals surface area contributed by atoms with Crippen molar-refractivity contribution in [2.75, 3.05) is 7.05 Å². The summed E-state index contributed by atoms with van der Waals surface area (Å²) in [4.78, 5) is 6.65. The lowest BCUT2D eigenvalue weighted by molar-refractivity contribution is 0.229. The summed E-state index contributed by atoms with van der Waals surface area (Å²) in [6.07, 6.45) is 1.60. The number of aromatic nitrogens is 2. The van der Waals surface area contributed by atoms with E-state index >= 15 is 0 Å². The lowest BCUT2D eigenvalue weighted by Crippen LogP contribution is -2.25. The molecular formula is C21H19N3O2. The molecule has 0 spiro atoms. The zero-order valence-corrected chi connectivity index (χ0v) is 14.4. The van der Waals surface area contributed by atoms with E-state index < -0.39 is 0 Å². The maximum absolute atomic E-state index is 5.42. The molecule has 0 bridgehead atoms. The van der Waals surface area contributed by atoms with Crippen molar-refractivity contribution in [1.82, 2.24) is 15.0 Å². The third kappa shape index (κ3) is 3.43. The highest BCUT2D eigenvalue weighted by Gasteiger charge is 2.21. The van der Waals surface area contributed by atoms with E-state index in [1.54, 1.807) is 12.3 Å². The van der Waals surface area contributed by atoms with E-state index in [2.05, 4.69) is 70.6 Å². The molecule has 5 heteroatoms. The van der Waals surface area contributed by atoms with Crippen LogP contribution in [0.4, 0.5) is 0 Å². The summed E-state index contributed by atoms with van der Waals surface area (Å²) in [7, 11) is 2.06. The lowest BCUT2D eigenvalue weighted by Gasteiger charge is -2.27. The molecule has 130 valence electrons. The van der Waals surface area contributed by atoms with E-state index in [4.69, 9.17) is 8.94 Å². The van der Waals surface area contributed by atoms with E-state index in [0.29, 0.717) is 24.0 Å². The van der Waals surface area contributed by atoms with Crippen molar-refractivity contribution >= 4 is 0 Å². The molecular weight excluding hydrogens is 326 g/mol. The fourth-order valence-corrected chi connectivity index (χ4v) is 3.10. The topological polar surface area (TPSA) is 55.3 Å². The molecule has 5 nitrogen and oxygen atoms in total. The molecule has 2 aromatic heterocycles. The summed E-state index contributed by atoms with van der Waals surface area (Å²) in [5, 5.41) is 4.01. The van der Waals surface area contributed by atoms with E-state index in [1.165, 1.54) is 11.1 Å². The van der Waals surface area contributed by atoms with E-state index in [9.17, 15) is 0 Å². The summed E-state index contributed by atoms with van der Waals surface area (Å²) in [5.74, 6) is 1.62. The minimum atomic E-state index is 0.0939. The monoisotopic (exact) mass is 345 g/mol. The first-order chi connectivity index (χ1) is 12.8. The van der Waals surface area contributed by atoms with Gasteiger partial charge in [-0.1, -0.05) is 65.8 Å². The third-order valence-electron chi connectivity index (χ3n) is 4.27. The van der Waals surface area contributed by atoms with Gasteiger partial charge in [0.2, 0.25) is 11.7 Å². The molecule has 0 amide bonds. The van der Waals surface area contributed by atoms with Gasteiger partial charge in [-0.05, 0) is 30.3 Å². The van der Waals surface area contributed by atoms with Crippen molar-refractivity contribution in [2.24, 2.45) is 0 Å². The Hall–Kier alpha value is -3.18. The third-order valence-corrected chi connectivity index (χ3v) is 4.27. The van der Waals surface area contributed by atoms with Crippen molar-refractivity contribution in [2.45, 2.75) is 12.6 Å². The molecule has 0 atom stereocenters. The molecule has 0 unspecified atom stereocenters. The Labute approximate surface area is 151 Å². The SMILES string of the molecule is CN(Cc1nc(-c2ccco2)no1)C(c1ccccc1)c1ccccc1. The minimum absolute atomic E-state index is 0.0939. The maximum atomic E-state index is 5.42. The van der Waals surface area contributed by atoms with Crippen LogP contribution < -0.4 is 0 Å². The molecule has 0 saturated heterocycles. The highest BCUT2D eigenvalue weighted by Crippen LogP contribution is 2.28. The maximum Gasteiger partial charge on any atom is 0.241 e. The lowest BCUT2D eigenvalue weighted by atomic mass is 9.97. The van der Waals surface area contributed by atoms with Gasteiger partial charge in [0.1, 0.15) is 0 Å². The van der Waals surface area contributed by atoms with Crippen molar-refractivity contribution in [3.8, 4) is 11.6 Å². The van der Waals surface area contributed by atoms with Crippen LogP contribution in [0.2, 0.25) is 0 Å². The second-order valence-corrected chi connectivity index (χ2v) is 6.13. The first-order valence-electron chi connectivity index (χ1n) is 8.48. The highest BCUT2D eigenvalue weighted by atomic mass is 16.5. The molecule has 4 aromatic rings. The molecule has 0 aliphatic carbocycles. The molecule has 0 N–H and O–H groups in total. The zero-order valence-electron chi connectivity index (χ0n) is 14.4. The summed E-state index contributed by atoms with van der Waals surface area (Å²) in [5.41, 5.74) is 2.43. The summed E-state index contributed by atoms with van der Waals surface area (Å²) < 4.78 is 10.7. The molecule has 26 heavy (non-hydrogen) atoms. The number of hydrogen-bond acceptors (Lipinski definition) is 5. The Morgan fingerprint density at radius 2 is 1.54 bits per heavy atom. The normalized spacial score (nSPS) is 11.3. The van der Waals surface area contributed by atoms with Crippen LogP contribution in [0.3, 0.4) is 0 Å². The van der Waals surface area contributed by atoms with Crippen LogP contribution in [-0.2, 0) is 6.54 Å². The predicted octanol–water partition coefficient (Wildman–Crippen LogP) is 4.55. The Morgan fingerprint density at radius 3 is 2.12 bits per heavy atom. The molecule has 0 saturated carbocycles. The second-order valence-electron chi connectivity index (χ2n) is 6.13. The van der Waals surface area contributed by atoms with Crippen LogP contribution in [0.15, 0.2) is 88.0 Å². The summed E-state index contributed by atoms with van der Waals surface area (Å²) in [6, 6.07) is 24.5. The van der Waals surface area contributed by atoms with Gasteiger partial charge >= 0.3 is 0 Å². The van der Waals surface area contributed by atoms with Crippen LogP contribution in [0, 0.1) is 0 Å². The largest absolute Gasteiger partial charge is 0.461 e. The van der Waals surface area contributed by atoms with E-state index in [1.807, 2.05) is 18.2 Å². The van der Waals surface area contributed by atoms with Gasteiger partial charge in [0.25, 0.3) is 0 Å². The van der Waals surface area contributed by atoms with Gasteiger partial charge in [0.15, 0.2) is 5.76 Å². The fourth-order valence-electron chi connectivity index (χ4n) is 3.10. The van der Waals surface area contributed by atoms with E-state index in [0.717, 1.165) is 0 Å². The number of hydrogen-bond donors (Lipinski definition) is 0. The molecule has 4 rings (SSSR count). The average Bonchev–Trinajstić information content (AvgIpc) is 3.35. The van der Waals surface area contributed by atoms with Gasteiger partial charge < -0.3 is 8.94 Å². The van der Waals surface area contributed by atoms with Crippen LogP contribution in [-0.4, -0.2) is 22.1 Å². The van der Waals surface area contributed by atoms with Crippen LogP contribution in [0.25, 0.3) is 11.6 Å². The van der Waals surface area contributed by atoms with Crippen molar-refractivity contribution in [1.29, 1.82) is 0 Å². The molecule has 0 aliphatic heterocycles. The molecule has 0 fully saturated rings. The van der Waals surface area contributed by atoms with Gasteiger partial charge in [0, 0.05) is 0 Å². The van der Waals surface area contributed by atoms with Crippen LogP contribution in [0.5, 0.6) is 0 Å². The summed E-state index contributed by atoms with van der Waals surface area (Å²) in [6.45, 7) is 0.530. The van der Waals surface area contributed by atoms with Gasteiger partial charge in [0.05, 0.1) is 18.8 Å². The smallest absolute Gasteiger partial charge is 0.241 e. The number of furan rings is 1. The number of benzene rings is 2. The zero-order chi connectivity index (χ0) is 17.8. The molecule has 0 radical (unpaired) electrons. The van der Waals surface area contributed by atoms with Crippen LogP contribution in [0.1, 0.15) is 23.1 Å². The predicted molar refractivity (Wildman–Crippen MR) is 98.2 cm³/mol. The van der Waals surface area contributed by atoms with E-state index in [-0.39, 0.29) is 6.04 Å². The molecule has 2 aromatic carbocycles. The highest BCUT2D eigenvalue weighted by molar-refractivity contribution is 5.44. The van der Waals surface area contributed by atoms with Gasteiger partial charge in [-0.25, -0.2) is 0 Å². The first-order valence-corrected chi connectivity index (χ1v) is 8.48. The molecule has 2 heterocycles. The van der Waals surface area contributed by atoms with Gasteiger partial charge in [-0.2, -0.15) is 4.98 Å². The fraction of sp³-hybridized carbons (Fsp3) is 0.143. The Morgan fingerprint density at radius 1 is 0.885 bits per heavy atom. The Bertz CT molecular complexity index is 894. The van der Waals surface area contributed by atoms with Gasteiger partial charge in [-0.15, -0.1) is 0 Å². The quantitative estimate of drug-likeness (QED) is 0.513. The summed E-state index contributed by atoms with van der Waals surface area (Å²) >= 11 is 0. The Kier molecular flexibility index (Phi) is 4.62. The standard InChI is InChI=1S/C21H19N3O2/c1-24(15-19-22-21(23-26-19)18-13-8-14-25-18)20(16-9-4-2-5-10-16)17-11-6-3-7-12-17/h2-14,20H,15H2,1H3. The van der Waals surface area contributed by atoms with Crippen molar-refractivity contribution < 1.29 is 8.94 Å². The first kappa shape index (κ1) is 16.3. The minimum Gasteiger partial charge on any atom is -0.461 e. The Balaban J connectivity index is 1.60. The van der Waals surface area contributed by atoms with Gasteiger partial charge in [-0.3, -0.25) is 4.90 Å². The van der Waals surface area contributed by atoms with Crippen molar-refractivity contribution in [3.63, 3.8) is 0 Å². The molecule has 0 aliphatic rings. The number of nitrogens with zero attached hydrogens (tertiary/aromatic N) is 3. The van der Waals surface area contributed by atoms with Crippen LogP contribution >= 0.6 is 0 Å². The number of rotatable bonds is 6. The second kappa shape index (κ2) is 7.37. The van der Waals surface area contributed by atoms with Crippen molar-refractivity contribution in [3.05, 3.63) is 96.1 Å². The average molecular weight is 345 g/mol.